The van der Waals surface area contributed by atoms with Crippen molar-refractivity contribution < 1.29 is 5.11 Å². The lowest BCUT2D eigenvalue weighted by Crippen LogP contribution is -2.42. The Kier molecular flexibility index (Phi) is 8.41. The highest BCUT2D eigenvalue weighted by atomic mass is 16.3. The molecule has 0 bridgehead atoms. The number of nitrogens with one attached hydrogen (secondary N) is 1. The fraction of sp³-hybridized carbons (Fsp3) is 0.600. The van der Waals surface area contributed by atoms with Crippen LogP contribution >= 0.6 is 0 Å². The van der Waals surface area contributed by atoms with Gasteiger partial charge in [-0.15, -0.1) is 0 Å². The van der Waals surface area contributed by atoms with Gasteiger partial charge in [0.2, 0.25) is 0 Å². The minimum absolute atomic E-state index is 0.240. The van der Waals surface area contributed by atoms with Crippen LogP contribution in [-0.4, -0.2) is 49.3 Å². The Morgan fingerprint density at radius 3 is 2.42 bits per heavy atom. The molecule has 0 amide bonds. The molecular formula is C15H27N3O. The van der Waals surface area contributed by atoms with Crippen LogP contribution in [0.4, 0.5) is 0 Å². The zero-order valence-corrected chi connectivity index (χ0v) is 11.9. The van der Waals surface area contributed by atoms with Gasteiger partial charge in [-0.05, 0) is 38.5 Å². The third-order valence-electron chi connectivity index (χ3n) is 3.38. The van der Waals surface area contributed by atoms with Crippen molar-refractivity contribution in [1.29, 1.82) is 0 Å². The SMILES string of the molecule is CN.OCCNC1CCN(Cc2ccccc2)CC1. The van der Waals surface area contributed by atoms with Gasteiger partial charge < -0.3 is 16.2 Å². The largest absolute Gasteiger partial charge is 0.395 e. The molecule has 108 valence electrons. The van der Waals surface area contributed by atoms with Gasteiger partial charge in [0.15, 0.2) is 0 Å². The molecule has 4 N–H and O–H groups in total. The molecule has 0 unspecified atom stereocenters. The third kappa shape index (κ3) is 6.16. The van der Waals surface area contributed by atoms with Crippen molar-refractivity contribution in [3.8, 4) is 0 Å². The monoisotopic (exact) mass is 265 g/mol. The van der Waals surface area contributed by atoms with E-state index < -0.39 is 0 Å². The number of likely N-dealkylation sites (tertiary alicyclic amines) is 1. The molecule has 1 aromatic carbocycles. The maximum Gasteiger partial charge on any atom is 0.0556 e. The molecule has 0 aliphatic carbocycles. The van der Waals surface area contributed by atoms with Gasteiger partial charge in [-0.3, -0.25) is 4.90 Å². The Labute approximate surface area is 116 Å². The summed E-state index contributed by atoms with van der Waals surface area (Å²) in [5, 5.41) is 12.1. The van der Waals surface area contributed by atoms with Crippen molar-refractivity contribution >= 4 is 0 Å². The first kappa shape index (κ1) is 16.1. The molecule has 19 heavy (non-hydrogen) atoms. The molecule has 2 rings (SSSR count). The van der Waals surface area contributed by atoms with Crippen LogP contribution in [0.5, 0.6) is 0 Å². The number of rotatable bonds is 5. The van der Waals surface area contributed by atoms with E-state index in [0.717, 1.165) is 26.2 Å². The van der Waals surface area contributed by atoms with Crippen LogP contribution in [0, 0.1) is 0 Å². The Bertz CT molecular complexity index is 310. The summed E-state index contributed by atoms with van der Waals surface area (Å²) in [6.45, 7) is 4.33. The lowest BCUT2D eigenvalue weighted by molar-refractivity contribution is 0.184. The average molecular weight is 265 g/mol. The molecule has 1 saturated heterocycles. The molecule has 1 aliphatic rings. The molecule has 0 aromatic heterocycles. The molecule has 0 spiro atoms. The van der Waals surface area contributed by atoms with Gasteiger partial charge in [0, 0.05) is 19.1 Å². The van der Waals surface area contributed by atoms with E-state index in [-0.39, 0.29) is 6.61 Å². The molecule has 4 heteroatoms. The van der Waals surface area contributed by atoms with E-state index in [4.69, 9.17) is 5.11 Å². The number of aliphatic hydroxyl groups is 1. The lowest BCUT2D eigenvalue weighted by Gasteiger charge is -2.32. The van der Waals surface area contributed by atoms with Crippen LogP contribution in [0.2, 0.25) is 0 Å². The predicted octanol–water partition coefficient (Wildman–Crippen LogP) is 0.808. The van der Waals surface area contributed by atoms with Crippen molar-refractivity contribution in [2.45, 2.75) is 25.4 Å². The zero-order valence-electron chi connectivity index (χ0n) is 11.9. The standard InChI is InChI=1S/C14H22N2O.CH5N/c17-11-8-15-14-6-9-16(10-7-14)12-13-4-2-1-3-5-13;1-2/h1-5,14-15,17H,6-12H2;2H2,1H3. The van der Waals surface area contributed by atoms with E-state index in [9.17, 15) is 0 Å². The summed E-state index contributed by atoms with van der Waals surface area (Å²) < 4.78 is 0. The van der Waals surface area contributed by atoms with Crippen LogP contribution in [0.1, 0.15) is 18.4 Å². The molecule has 0 saturated carbocycles. The average Bonchev–Trinajstić information content (AvgIpc) is 2.50. The smallest absolute Gasteiger partial charge is 0.0556 e. The van der Waals surface area contributed by atoms with E-state index in [2.05, 4.69) is 46.3 Å². The molecule has 0 radical (unpaired) electrons. The van der Waals surface area contributed by atoms with Gasteiger partial charge in [-0.1, -0.05) is 30.3 Å². The number of hydrogen-bond acceptors (Lipinski definition) is 4. The number of hydrogen-bond donors (Lipinski definition) is 3. The molecular weight excluding hydrogens is 238 g/mol. The first-order chi connectivity index (χ1) is 9.38. The Hall–Kier alpha value is -0.940. The number of piperidine rings is 1. The van der Waals surface area contributed by atoms with E-state index in [1.807, 2.05) is 0 Å². The Morgan fingerprint density at radius 2 is 1.84 bits per heavy atom. The number of nitrogens with zero attached hydrogens (tertiary/aromatic N) is 1. The van der Waals surface area contributed by atoms with Gasteiger partial charge >= 0.3 is 0 Å². The molecule has 1 aliphatic heterocycles. The predicted molar refractivity (Wildman–Crippen MR) is 79.9 cm³/mol. The number of aliphatic hydroxyl groups excluding tert-OH is 1. The third-order valence-corrected chi connectivity index (χ3v) is 3.38. The summed E-state index contributed by atoms with van der Waals surface area (Å²) in [5.74, 6) is 0. The second-order valence-electron chi connectivity index (χ2n) is 4.71. The molecule has 0 atom stereocenters. The first-order valence-corrected chi connectivity index (χ1v) is 7.07. The van der Waals surface area contributed by atoms with Gasteiger partial charge in [0.1, 0.15) is 0 Å². The normalized spacial score (nSPS) is 16.8. The highest BCUT2D eigenvalue weighted by Crippen LogP contribution is 2.13. The minimum Gasteiger partial charge on any atom is -0.395 e. The maximum atomic E-state index is 8.77. The number of benzene rings is 1. The van der Waals surface area contributed by atoms with E-state index in [0.29, 0.717) is 6.04 Å². The summed E-state index contributed by atoms with van der Waals surface area (Å²) in [6.07, 6.45) is 2.37. The Balaban J connectivity index is 0.000000861. The maximum absolute atomic E-state index is 8.77. The number of nitrogens with two attached hydrogens (primary N) is 1. The summed E-state index contributed by atoms with van der Waals surface area (Å²) in [6, 6.07) is 11.2. The highest BCUT2D eigenvalue weighted by molar-refractivity contribution is 5.14. The van der Waals surface area contributed by atoms with E-state index in [1.165, 1.54) is 25.5 Å². The van der Waals surface area contributed by atoms with E-state index >= 15 is 0 Å². The van der Waals surface area contributed by atoms with Gasteiger partial charge in [0.05, 0.1) is 6.61 Å². The van der Waals surface area contributed by atoms with Crippen LogP contribution in [0.3, 0.4) is 0 Å². The Morgan fingerprint density at radius 1 is 1.21 bits per heavy atom. The topological polar surface area (TPSA) is 61.5 Å². The van der Waals surface area contributed by atoms with Crippen LogP contribution in [-0.2, 0) is 6.54 Å². The quantitative estimate of drug-likeness (QED) is 0.737. The summed E-state index contributed by atoms with van der Waals surface area (Å²) in [4.78, 5) is 2.51. The fourth-order valence-corrected chi connectivity index (χ4v) is 2.41. The van der Waals surface area contributed by atoms with Crippen molar-refractivity contribution in [1.82, 2.24) is 10.2 Å². The molecule has 1 heterocycles. The van der Waals surface area contributed by atoms with Crippen LogP contribution in [0.25, 0.3) is 0 Å². The van der Waals surface area contributed by atoms with Crippen LogP contribution in [0.15, 0.2) is 30.3 Å². The second-order valence-corrected chi connectivity index (χ2v) is 4.71. The summed E-state index contributed by atoms with van der Waals surface area (Å²) >= 11 is 0. The minimum atomic E-state index is 0.240. The summed E-state index contributed by atoms with van der Waals surface area (Å²) in [5.41, 5.74) is 5.90. The second kappa shape index (κ2) is 9.92. The van der Waals surface area contributed by atoms with Crippen molar-refractivity contribution in [3.05, 3.63) is 35.9 Å². The van der Waals surface area contributed by atoms with Crippen molar-refractivity contribution in [2.24, 2.45) is 5.73 Å². The summed E-state index contributed by atoms with van der Waals surface area (Å²) in [7, 11) is 1.50. The molecule has 1 aromatic rings. The van der Waals surface area contributed by atoms with Gasteiger partial charge in [-0.25, -0.2) is 0 Å². The van der Waals surface area contributed by atoms with Crippen LogP contribution < -0.4 is 11.1 Å². The lowest BCUT2D eigenvalue weighted by atomic mass is 10.0. The van der Waals surface area contributed by atoms with Crippen molar-refractivity contribution in [3.63, 3.8) is 0 Å². The highest BCUT2D eigenvalue weighted by Gasteiger charge is 2.18. The zero-order chi connectivity index (χ0) is 13.9. The van der Waals surface area contributed by atoms with E-state index in [1.54, 1.807) is 0 Å². The molecule has 4 nitrogen and oxygen atoms in total. The first-order valence-electron chi connectivity index (χ1n) is 7.07. The fourth-order valence-electron chi connectivity index (χ4n) is 2.41. The van der Waals surface area contributed by atoms with Gasteiger partial charge in [-0.2, -0.15) is 0 Å². The molecule has 1 fully saturated rings. The van der Waals surface area contributed by atoms with Gasteiger partial charge in [0.25, 0.3) is 0 Å². The van der Waals surface area contributed by atoms with Crippen molar-refractivity contribution in [2.75, 3.05) is 33.3 Å².